The Balaban J connectivity index is 1.74. The van der Waals surface area contributed by atoms with Crippen molar-refractivity contribution in [1.29, 1.82) is 0 Å². The number of nitrogens with zero attached hydrogens (tertiary/aromatic N) is 3. The van der Waals surface area contributed by atoms with Gasteiger partial charge < -0.3 is 10.2 Å². The Labute approximate surface area is 160 Å². The fraction of sp³-hybridized carbons (Fsp3) is 0.524. The van der Waals surface area contributed by atoms with Gasteiger partial charge in [-0.05, 0) is 43.5 Å². The molecule has 1 saturated heterocycles. The summed E-state index contributed by atoms with van der Waals surface area (Å²) in [7, 11) is 1.86. The molecule has 0 radical (unpaired) electrons. The smallest absolute Gasteiger partial charge is 0.223 e. The van der Waals surface area contributed by atoms with E-state index in [1.54, 1.807) is 16.8 Å². The van der Waals surface area contributed by atoms with Crippen molar-refractivity contribution in [2.24, 2.45) is 11.8 Å². The molecule has 1 aromatic heterocycles. The van der Waals surface area contributed by atoms with Crippen LogP contribution in [0.4, 0.5) is 4.39 Å². The number of aromatic nitrogens is 2. The first-order valence-electron chi connectivity index (χ1n) is 9.64. The number of nitrogens with one attached hydrogen (secondary N) is 1. The lowest BCUT2D eigenvalue weighted by Gasteiger charge is -2.25. The molecule has 1 aliphatic heterocycles. The molecule has 27 heavy (non-hydrogen) atoms. The highest BCUT2D eigenvalue weighted by molar-refractivity contribution is 5.79. The van der Waals surface area contributed by atoms with E-state index in [9.17, 15) is 9.18 Å². The predicted octanol–water partition coefficient (Wildman–Crippen LogP) is 3.56. The Bertz CT molecular complexity index is 771. The first-order chi connectivity index (χ1) is 12.8. The Morgan fingerprint density at radius 2 is 1.96 bits per heavy atom. The van der Waals surface area contributed by atoms with E-state index in [1.165, 1.54) is 12.1 Å². The lowest BCUT2D eigenvalue weighted by Crippen LogP contribution is -2.34. The SMILES string of the molecule is CC(C)CC(C)NC[C@@H]1CC(=O)N(C)[C@H]1c1cnn(-c2ccc(F)cc2)c1. The third-order valence-electron chi connectivity index (χ3n) is 5.28. The van der Waals surface area contributed by atoms with Crippen LogP contribution in [0.1, 0.15) is 45.2 Å². The van der Waals surface area contributed by atoms with Gasteiger partial charge in [-0.1, -0.05) is 13.8 Å². The Morgan fingerprint density at radius 3 is 2.63 bits per heavy atom. The van der Waals surface area contributed by atoms with Crippen molar-refractivity contribution in [3.63, 3.8) is 0 Å². The van der Waals surface area contributed by atoms with E-state index in [1.807, 2.05) is 24.3 Å². The van der Waals surface area contributed by atoms with E-state index in [4.69, 9.17) is 0 Å². The monoisotopic (exact) mass is 372 g/mol. The molecular formula is C21H29FN4O. The third kappa shape index (κ3) is 4.56. The van der Waals surface area contributed by atoms with Gasteiger partial charge in [0.1, 0.15) is 5.82 Å². The topological polar surface area (TPSA) is 50.2 Å². The number of carbonyl (C=O) groups is 1. The first-order valence-corrected chi connectivity index (χ1v) is 9.64. The van der Waals surface area contributed by atoms with Crippen LogP contribution in [-0.2, 0) is 4.79 Å². The van der Waals surface area contributed by atoms with E-state index in [2.05, 4.69) is 31.2 Å². The quantitative estimate of drug-likeness (QED) is 0.809. The van der Waals surface area contributed by atoms with Crippen LogP contribution >= 0.6 is 0 Å². The molecule has 1 aliphatic rings. The summed E-state index contributed by atoms with van der Waals surface area (Å²) in [4.78, 5) is 14.2. The summed E-state index contributed by atoms with van der Waals surface area (Å²) in [5.41, 5.74) is 1.81. The predicted molar refractivity (Wildman–Crippen MR) is 104 cm³/mol. The summed E-state index contributed by atoms with van der Waals surface area (Å²) in [6.07, 6.45) is 5.42. The first kappa shape index (κ1) is 19.5. The van der Waals surface area contributed by atoms with Crippen molar-refractivity contribution < 1.29 is 9.18 Å². The minimum atomic E-state index is -0.270. The van der Waals surface area contributed by atoms with Crippen LogP contribution in [0.25, 0.3) is 5.69 Å². The average Bonchev–Trinajstić information content (AvgIpc) is 3.18. The number of amides is 1. The van der Waals surface area contributed by atoms with Gasteiger partial charge in [0.15, 0.2) is 0 Å². The molecule has 5 nitrogen and oxygen atoms in total. The van der Waals surface area contributed by atoms with Crippen LogP contribution in [0.15, 0.2) is 36.7 Å². The highest BCUT2D eigenvalue weighted by Gasteiger charge is 2.39. The molecule has 1 amide bonds. The number of hydrogen-bond acceptors (Lipinski definition) is 3. The van der Waals surface area contributed by atoms with Gasteiger partial charge in [-0.2, -0.15) is 5.10 Å². The van der Waals surface area contributed by atoms with Gasteiger partial charge in [-0.25, -0.2) is 9.07 Å². The largest absolute Gasteiger partial charge is 0.338 e. The maximum atomic E-state index is 13.1. The van der Waals surface area contributed by atoms with Crippen molar-refractivity contribution in [2.75, 3.05) is 13.6 Å². The molecule has 6 heteroatoms. The van der Waals surface area contributed by atoms with Crippen molar-refractivity contribution in [3.05, 3.63) is 48.0 Å². The summed E-state index contributed by atoms with van der Waals surface area (Å²) in [6.45, 7) is 7.44. The second kappa shape index (κ2) is 8.21. The third-order valence-corrected chi connectivity index (χ3v) is 5.28. The molecule has 1 fully saturated rings. The summed E-state index contributed by atoms with van der Waals surface area (Å²) in [5.74, 6) is 0.750. The van der Waals surface area contributed by atoms with Crippen LogP contribution in [0.2, 0.25) is 0 Å². The van der Waals surface area contributed by atoms with Gasteiger partial charge >= 0.3 is 0 Å². The number of rotatable bonds is 7. The molecule has 1 aromatic carbocycles. The minimum absolute atomic E-state index is 0.00504. The Kier molecular flexibility index (Phi) is 5.95. The average molecular weight is 372 g/mol. The lowest BCUT2D eigenvalue weighted by atomic mass is 9.95. The van der Waals surface area contributed by atoms with E-state index in [-0.39, 0.29) is 23.7 Å². The van der Waals surface area contributed by atoms with Crippen molar-refractivity contribution in [3.8, 4) is 5.69 Å². The maximum absolute atomic E-state index is 13.1. The van der Waals surface area contributed by atoms with Gasteiger partial charge in [0.25, 0.3) is 0 Å². The number of hydrogen-bond donors (Lipinski definition) is 1. The zero-order valence-electron chi connectivity index (χ0n) is 16.5. The molecule has 0 aliphatic carbocycles. The van der Waals surface area contributed by atoms with Gasteiger partial charge in [-0.15, -0.1) is 0 Å². The summed E-state index contributed by atoms with van der Waals surface area (Å²) < 4.78 is 14.9. The van der Waals surface area contributed by atoms with Crippen molar-refractivity contribution >= 4 is 5.91 Å². The van der Waals surface area contributed by atoms with E-state index in [0.717, 1.165) is 24.2 Å². The fourth-order valence-electron chi connectivity index (χ4n) is 4.00. The normalized spacial score (nSPS) is 21.3. The number of carbonyl (C=O) groups excluding carboxylic acids is 1. The highest BCUT2D eigenvalue weighted by Crippen LogP contribution is 2.36. The van der Waals surface area contributed by atoms with Gasteiger partial charge in [-0.3, -0.25) is 4.79 Å². The van der Waals surface area contributed by atoms with E-state index in [0.29, 0.717) is 18.4 Å². The molecule has 3 rings (SSSR count). The number of halogens is 1. The standard InChI is InChI=1S/C21H29FN4O/c1-14(2)9-15(3)23-11-16-10-20(27)25(4)21(16)17-12-24-26(13-17)19-7-5-18(22)6-8-19/h5-8,12-16,21,23H,9-11H2,1-4H3/t15?,16-,21+/m0/s1. The Hall–Kier alpha value is -2.21. The molecule has 0 spiro atoms. The fourth-order valence-corrected chi connectivity index (χ4v) is 4.00. The minimum Gasteiger partial charge on any atom is -0.338 e. The molecule has 2 heterocycles. The van der Waals surface area contributed by atoms with Gasteiger partial charge in [0, 0.05) is 43.7 Å². The number of likely N-dealkylation sites (tertiary alicyclic amines) is 1. The van der Waals surface area contributed by atoms with Crippen LogP contribution in [0.5, 0.6) is 0 Å². The van der Waals surface area contributed by atoms with Crippen LogP contribution in [-0.4, -0.2) is 40.2 Å². The summed E-state index contributed by atoms with van der Waals surface area (Å²) in [5, 5.41) is 8.02. The van der Waals surface area contributed by atoms with E-state index >= 15 is 0 Å². The molecule has 1 N–H and O–H groups in total. The molecule has 2 aromatic rings. The second-order valence-electron chi connectivity index (χ2n) is 8.05. The van der Waals surface area contributed by atoms with Crippen molar-refractivity contribution in [1.82, 2.24) is 20.0 Å². The maximum Gasteiger partial charge on any atom is 0.223 e. The summed E-state index contributed by atoms with van der Waals surface area (Å²) in [6, 6.07) is 6.67. The van der Waals surface area contributed by atoms with Crippen LogP contribution in [0, 0.1) is 17.7 Å². The molecule has 3 atom stereocenters. The lowest BCUT2D eigenvalue weighted by molar-refractivity contribution is -0.127. The van der Waals surface area contributed by atoms with Crippen LogP contribution in [0.3, 0.4) is 0 Å². The second-order valence-corrected chi connectivity index (χ2v) is 8.05. The molecule has 146 valence electrons. The van der Waals surface area contributed by atoms with Crippen LogP contribution < -0.4 is 5.32 Å². The zero-order valence-corrected chi connectivity index (χ0v) is 16.5. The van der Waals surface area contributed by atoms with Crippen molar-refractivity contribution in [2.45, 2.75) is 45.7 Å². The number of benzene rings is 1. The summed E-state index contributed by atoms with van der Waals surface area (Å²) >= 11 is 0. The highest BCUT2D eigenvalue weighted by atomic mass is 19.1. The Morgan fingerprint density at radius 1 is 1.26 bits per heavy atom. The molecule has 1 unspecified atom stereocenters. The molecule has 0 bridgehead atoms. The molecule has 0 saturated carbocycles. The van der Waals surface area contributed by atoms with Gasteiger partial charge in [0.05, 0.1) is 17.9 Å². The zero-order chi connectivity index (χ0) is 19.6. The van der Waals surface area contributed by atoms with E-state index < -0.39 is 0 Å². The van der Waals surface area contributed by atoms with Gasteiger partial charge in [0.2, 0.25) is 5.91 Å². The molecular weight excluding hydrogens is 343 g/mol.